The summed E-state index contributed by atoms with van der Waals surface area (Å²) in [4.78, 5) is 2.41. The lowest BCUT2D eigenvalue weighted by molar-refractivity contribution is 0.222. The van der Waals surface area contributed by atoms with Crippen molar-refractivity contribution in [2.24, 2.45) is 5.73 Å². The maximum absolute atomic E-state index is 12.6. The molecule has 0 aliphatic carbocycles. The number of sulfonamides is 1. The molecule has 104 valence electrons. The molecule has 5 nitrogen and oxygen atoms in total. The summed E-state index contributed by atoms with van der Waals surface area (Å²) >= 11 is 4.93. The van der Waals surface area contributed by atoms with Gasteiger partial charge in [0, 0.05) is 31.7 Å². The SMILES string of the molecule is CN1CCN(S(=O)(=O)c2ccccc2C(N)=S)CC1. The van der Waals surface area contributed by atoms with E-state index in [1.165, 1.54) is 4.31 Å². The molecule has 0 unspecified atom stereocenters. The Labute approximate surface area is 119 Å². The van der Waals surface area contributed by atoms with Gasteiger partial charge in [0.1, 0.15) is 4.99 Å². The number of nitrogens with two attached hydrogens (primary N) is 1. The fourth-order valence-electron chi connectivity index (χ4n) is 2.06. The molecule has 1 aromatic rings. The molecule has 0 aromatic heterocycles. The molecule has 0 radical (unpaired) electrons. The lowest BCUT2D eigenvalue weighted by atomic mass is 10.2. The van der Waals surface area contributed by atoms with E-state index in [0.29, 0.717) is 18.7 Å². The molecule has 0 spiro atoms. The highest BCUT2D eigenvalue weighted by Crippen LogP contribution is 2.21. The first kappa shape index (κ1) is 14.4. The summed E-state index contributed by atoms with van der Waals surface area (Å²) in [6, 6.07) is 6.62. The maximum atomic E-state index is 12.6. The van der Waals surface area contributed by atoms with Crippen LogP contribution >= 0.6 is 12.2 Å². The summed E-state index contributed by atoms with van der Waals surface area (Å²) in [5.74, 6) is 0. The minimum atomic E-state index is -3.52. The van der Waals surface area contributed by atoms with Gasteiger partial charge in [-0.2, -0.15) is 4.31 Å². The lowest BCUT2D eigenvalue weighted by Gasteiger charge is -2.31. The van der Waals surface area contributed by atoms with E-state index in [2.05, 4.69) is 4.90 Å². The molecule has 1 fully saturated rings. The average molecular weight is 299 g/mol. The van der Waals surface area contributed by atoms with Gasteiger partial charge in [-0.05, 0) is 13.1 Å². The van der Waals surface area contributed by atoms with Crippen molar-refractivity contribution in [3.63, 3.8) is 0 Å². The standard InChI is InChI=1S/C12H17N3O2S2/c1-14-6-8-15(9-7-14)19(16,17)11-5-3-2-4-10(11)12(13)18/h2-5H,6-9H2,1H3,(H2,13,18). The van der Waals surface area contributed by atoms with Gasteiger partial charge in [-0.1, -0.05) is 30.4 Å². The summed E-state index contributed by atoms with van der Waals surface area (Å²) in [5, 5.41) is 0. The molecule has 1 aromatic carbocycles. The van der Waals surface area contributed by atoms with Crippen molar-refractivity contribution in [2.45, 2.75) is 4.90 Å². The average Bonchev–Trinajstić information content (AvgIpc) is 2.39. The van der Waals surface area contributed by atoms with Gasteiger partial charge in [0.15, 0.2) is 0 Å². The quantitative estimate of drug-likeness (QED) is 0.811. The zero-order chi connectivity index (χ0) is 14.0. The number of hydrogen-bond acceptors (Lipinski definition) is 4. The minimum Gasteiger partial charge on any atom is -0.389 e. The molecule has 1 saturated heterocycles. The Morgan fingerprint density at radius 2 is 1.79 bits per heavy atom. The molecule has 0 atom stereocenters. The van der Waals surface area contributed by atoms with E-state index in [4.69, 9.17) is 18.0 Å². The summed E-state index contributed by atoms with van der Waals surface area (Å²) in [5.41, 5.74) is 6.02. The van der Waals surface area contributed by atoms with Gasteiger partial charge in [-0.25, -0.2) is 8.42 Å². The van der Waals surface area contributed by atoms with Crippen LogP contribution in [-0.2, 0) is 10.0 Å². The van der Waals surface area contributed by atoms with Gasteiger partial charge in [0.2, 0.25) is 10.0 Å². The fourth-order valence-corrected chi connectivity index (χ4v) is 3.93. The van der Waals surface area contributed by atoms with Crippen LogP contribution in [0.3, 0.4) is 0 Å². The van der Waals surface area contributed by atoms with Crippen molar-refractivity contribution < 1.29 is 8.42 Å². The van der Waals surface area contributed by atoms with Crippen LogP contribution in [0, 0.1) is 0 Å². The predicted octanol–water partition coefficient (Wildman–Crippen LogP) is 0.257. The van der Waals surface area contributed by atoms with Crippen LogP contribution in [-0.4, -0.2) is 55.8 Å². The van der Waals surface area contributed by atoms with Gasteiger partial charge >= 0.3 is 0 Å². The molecule has 7 heteroatoms. The smallest absolute Gasteiger partial charge is 0.243 e. The number of hydrogen-bond donors (Lipinski definition) is 1. The maximum Gasteiger partial charge on any atom is 0.243 e. The van der Waals surface area contributed by atoms with Crippen molar-refractivity contribution in [1.82, 2.24) is 9.21 Å². The Kier molecular flexibility index (Phi) is 4.19. The summed E-state index contributed by atoms with van der Waals surface area (Å²) in [6.45, 7) is 2.44. The normalized spacial score (nSPS) is 18.4. The molecular weight excluding hydrogens is 282 g/mol. The van der Waals surface area contributed by atoms with Crippen molar-refractivity contribution >= 4 is 27.2 Å². The summed E-state index contributed by atoms with van der Waals surface area (Å²) in [6.07, 6.45) is 0. The van der Waals surface area contributed by atoms with Crippen molar-refractivity contribution in [3.8, 4) is 0 Å². The van der Waals surface area contributed by atoms with E-state index in [1.54, 1.807) is 24.3 Å². The topological polar surface area (TPSA) is 66.6 Å². The van der Waals surface area contributed by atoms with E-state index >= 15 is 0 Å². The molecule has 19 heavy (non-hydrogen) atoms. The Bertz CT molecular complexity index is 578. The zero-order valence-electron chi connectivity index (χ0n) is 10.7. The van der Waals surface area contributed by atoms with Gasteiger partial charge in [0.05, 0.1) is 4.90 Å². The van der Waals surface area contributed by atoms with Crippen LogP contribution in [0.2, 0.25) is 0 Å². The number of piperazine rings is 1. The third-order valence-electron chi connectivity index (χ3n) is 3.23. The molecule has 1 heterocycles. The molecule has 0 bridgehead atoms. The van der Waals surface area contributed by atoms with E-state index in [1.807, 2.05) is 7.05 Å². The number of thiocarbonyl (C=S) groups is 1. The zero-order valence-corrected chi connectivity index (χ0v) is 12.4. The second kappa shape index (κ2) is 5.54. The Morgan fingerprint density at radius 1 is 1.21 bits per heavy atom. The molecule has 0 amide bonds. The number of likely N-dealkylation sites (N-methyl/N-ethyl adjacent to an activating group) is 1. The second-order valence-electron chi connectivity index (χ2n) is 4.57. The van der Waals surface area contributed by atoms with Crippen molar-refractivity contribution in [3.05, 3.63) is 29.8 Å². The number of benzene rings is 1. The first-order valence-electron chi connectivity index (χ1n) is 6.00. The monoisotopic (exact) mass is 299 g/mol. The number of nitrogens with zero attached hydrogens (tertiary/aromatic N) is 2. The van der Waals surface area contributed by atoms with Crippen molar-refractivity contribution in [1.29, 1.82) is 0 Å². The third-order valence-corrected chi connectivity index (χ3v) is 5.41. The highest BCUT2D eigenvalue weighted by Gasteiger charge is 2.29. The Balaban J connectivity index is 2.37. The highest BCUT2D eigenvalue weighted by molar-refractivity contribution is 7.89. The highest BCUT2D eigenvalue weighted by atomic mass is 32.2. The van der Waals surface area contributed by atoms with Gasteiger partial charge in [-0.15, -0.1) is 0 Å². The lowest BCUT2D eigenvalue weighted by Crippen LogP contribution is -2.47. The molecular formula is C12H17N3O2S2. The molecule has 1 aliphatic heterocycles. The molecule has 2 N–H and O–H groups in total. The molecule has 2 rings (SSSR count). The predicted molar refractivity (Wildman–Crippen MR) is 78.6 cm³/mol. The van der Waals surface area contributed by atoms with E-state index in [9.17, 15) is 8.42 Å². The van der Waals surface area contributed by atoms with Crippen LogP contribution in [0.25, 0.3) is 0 Å². The van der Waals surface area contributed by atoms with E-state index in [-0.39, 0.29) is 9.88 Å². The second-order valence-corrected chi connectivity index (χ2v) is 6.91. The van der Waals surface area contributed by atoms with Crippen molar-refractivity contribution in [2.75, 3.05) is 33.2 Å². The van der Waals surface area contributed by atoms with E-state index in [0.717, 1.165) is 13.1 Å². The van der Waals surface area contributed by atoms with Crippen LogP contribution in [0.5, 0.6) is 0 Å². The van der Waals surface area contributed by atoms with Gasteiger partial charge < -0.3 is 10.6 Å². The Hall–Kier alpha value is -1.02. The first-order valence-corrected chi connectivity index (χ1v) is 7.85. The van der Waals surface area contributed by atoms with Crippen LogP contribution in [0.15, 0.2) is 29.2 Å². The van der Waals surface area contributed by atoms with Crippen LogP contribution < -0.4 is 5.73 Å². The number of rotatable bonds is 3. The van der Waals surface area contributed by atoms with Gasteiger partial charge in [-0.3, -0.25) is 0 Å². The Morgan fingerprint density at radius 3 is 2.37 bits per heavy atom. The molecule has 1 aliphatic rings. The molecule has 0 saturated carbocycles. The van der Waals surface area contributed by atoms with Crippen LogP contribution in [0.1, 0.15) is 5.56 Å². The minimum absolute atomic E-state index is 0.105. The van der Waals surface area contributed by atoms with Gasteiger partial charge in [0.25, 0.3) is 0 Å². The summed E-state index contributed by atoms with van der Waals surface area (Å²) < 4.78 is 26.7. The van der Waals surface area contributed by atoms with E-state index < -0.39 is 10.0 Å². The fraction of sp³-hybridized carbons (Fsp3) is 0.417. The largest absolute Gasteiger partial charge is 0.389 e. The third kappa shape index (κ3) is 2.94. The summed E-state index contributed by atoms with van der Waals surface area (Å²) in [7, 11) is -1.54. The first-order chi connectivity index (χ1) is 8.93. The van der Waals surface area contributed by atoms with Crippen LogP contribution in [0.4, 0.5) is 0 Å².